The van der Waals surface area contributed by atoms with Crippen LogP contribution in [0, 0.1) is 0 Å². The number of rotatable bonds is 6. The van der Waals surface area contributed by atoms with E-state index in [1.165, 1.54) is 11.1 Å². The average molecular weight is 552 g/mol. The Hall–Kier alpha value is -2.90. The monoisotopic (exact) mass is 550 g/mol. The number of piperazine rings is 2. The van der Waals surface area contributed by atoms with Crippen LogP contribution in [0.2, 0.25) is 10.0 Å². The summed E-state index contributed by atoms with van der Waals surface area (Å²) in [5.74, 6) is -0.344. The predicted molar refractivity (Wildman–Crippen MR) is 152 cm³/mol. The first-order chi connectivity index (χ1) is 18.5. The molecule has 3 aromatic rings. The molecule has 0 radical (unpaired) electrons. The highest BCUT2D eigenvalue weighted by atomic mass is 35.5. The van der Waals surface area contributed by atoms with E-state index < -0.39 is 0 Å². The topological polar surface area (TPSA) is 47.1 Å². The second kappa shape index (κ2) is 12.3. The normalized spacial score (nSPS) is 17.0. The molecule has 0 bridgehead atoms. The highest BCUT2D eigenvalue weighted by molar-refractivity contribution is 6.42. The third-order valence-electron chi connectivity index (χ3n) is 7.34. The second-order valence-corrected chi connectivity index (χ2v) is 10.7. The van der Waals surface area contributed by atoms with Crippen molar-refractivity contribution >= 4 is 35.0 Å². The van der Waals surface area contributed by atoms with Gasteiger partial charge in [0.1, 0.15) is 0 Å². The van der Waals surface area contributed by atoms with Gasteiger partial charge in [-0.2, -0.15) is 0 Å². The van der Waals surface area contributed by atoms with Gasteiger partial charge < -0.3 is 9.80 Å². The van der Waals surface area contributed by atoms with Crippen LogP contribution < -0.4 is 0 Å². The lowest BCUT2D eigenvalue weighted by Crippen LogP contribution is -2.50. The molecule has 2 heterocycles. The van der Waals surface area contributed by atoms with Gasteiger partial charge in [0.05, 0.1) is 21.2 Å². The van der Waals surface area contributed by atoms with Crippen molar-refractivity contribution in [3.05, 3.63) is 105 Å². The van der Waals surface area contributed by atoms with Crippen molar-refractivity contribution in [2.24, 2.45) is 0 Å². The molecular formula is C30H32Cl2N4O2. The third-order valence-corrected chi connectivity index (χ3v) is 8.06. The zero-order valence-electron chi connectivity index (χ0n) is 21.4. The average Bonchev–Trinajstić information content (AvgIpc) is 2.95. The minimum absolute atomic E-state index is 0.172. The molecule has 5 rings (SSSR count). The summed E-state index contributed by atoms with van der Waals surface area (Å²) in [5.41, 5.74) is 3.17. The summed E-state index contributed by atoms with van der Waals surface area (Å²) in [7, 11) is 0. The lowest BCUT2D eigenvalue weighted by atomic mass is 10.0. The zero-order chi connectivity index (χ0) is 26.5. The molecule has 0 unspecified atom stereocenters. The molecular weight excluding hydrogens is 519 g/mol. The second-order valence-electron chi connectivity index (χ2n) is 9.92. The molecule has 6 nitrogen and oxygen atoms in total. The van der Waals surface area contributed by atoms with Gasteiger partial charge in [-0.1, -0.05) is 83.9 Å². The molecule has 0 saturated carbocycles. The Balaban J connectivity index is 1.23. The maximum Gasteiger partial charge on any atom is 0.254 e. The van der Waals surface area contributed by atoms with Crippen LogP contribution in [0.25, 0.3) is 0 Å². The van der Waals surface area contributed by atoms with Crippen LogP contribution in [0.1, 0.15) is 31.8 Å². The van der Waals surface area contributed by atoms with E-state index in [0.29, 0.717) is 37.3 Å². The van der Waals surface area contributed by atoms with Crippen LogP contribution in [0.4, 0.5) is 0 Å². The standard InChI is InChI=1S/C30H32Cl2N4O2/c31-27-19-25(29(37)35-15-11-33(12-16-35)21-23-7-3-1-4-8-23)26(20-28(27)32)30(38)36-17-13-34(14-18-36)22-24-9-5-2-6-10-24/h1-10,19-20H,11-18,21-22H2. The number of hydrogen-bond acceptors (Lipinski definition) is 4. The summed E-state index contributed by atoms with van der Waals surface area (Å²) in [6, 6.07) is 23.8. The van der Waals surface area contributed by atoms with Crippen molar-refractivity contribution in [3.63, 3.8) is 0 Å². The fourth-order valence-corrected chi connectivity index (χ4v) is 5.47. The summed E-state index contributed by atoms with van der Waals surface area (Å²) in [6.45, 7) is 7.18. The number of nitrogens with zero attached hydrogens (tertiary/aromatic N) is 4. The molecule has 198 valence electrons. The van der Waals surface area contributed by atoms with Gasteiger partial charge in [-0.15, -0.1) is 0 Å². The summed E-state index contributed by atoms with van der Waals surface area (Å²) >= 11 is 12.7. The summed E-state index contributed by atoms with van der Waals surface area (Å²) < 4.78 is 0. The van der Waals surface area contributed by atoms with E-state index in [9.17, 15) is 9.59 Å². The van der Waals surface area contributed by atoms with Crippen LogP contribution in [0.15, 0.2) is 72.8 Å². The molecule has 0 N–H and O–H groups in total. The summed E-state index contributed by atoms with van der Waals surface area (Å²) in [6.07, 6.45) is 0. The molecule has 8 heteroatoms. The van der Waals surface area contributed by atoms with E-state index in [2.05, 4.69) is 34.1 Å². The number of halogens is 2. The maximum atomic E-state index is 13.6. The molecule has 0 atom stereocenters. The van der Waals surface area contributed by atoms with Crippen LogP contribution in [-0.4, -0.2) is 83.8 Å². The van der Waals surface area contributed by atoms with Crippen LogP contribution >= 0.6 is 23.2 Å². The Morgan fingerprint density at radius 1 is 0.553 bits per heavy atom. The molecule has 38 heavy (non-hydrogen) atoms. The fraction of sp³-hybridized carbons (Fsp3) is 0.333. The van der Waals surface area contributed by atoms with Gasteiger partial charge in [-0.3, -0.25) is 19.4 Å². The van der Waals surface area contributed by atoms with Crippen molar-refractivity contribution in [2.75, 3.05) is 52.4 Å². The molecule has 0 aromatic heterocycles. The lowest BCUT2D eigenvalue weighted by Gasteiger charge is -2.36. The van der Waals surface area contributed by atoms with Gasteiger partial charge in [0.25, 0.3) is 11.8 Å². The highest BCUT2D eigenvalue weighted by Gasteiger charge is 2.30. The Kier molecular flexibility index (Phi) is 8.65. The van der Waals surface area contributed by atoms with Crippen LogP contribution in [0.3, 0.4) is 0 Å². The first kappa shape index (κ1) is 26.7. The van der Waals surface area contributed by atoms with Crippen molar-refractivity contribution in [2.45, 2.75) is 13.1 Å². The minimum Gasteiger partial charge on any atom is -0.336 e. The lowest BCUT2D eigenvalue weighted by molar-refractivity contribution is 0.0590. The predicted octanol–water partition coefficient (Wildman–Crippen LogP) is 4.91. The first-order valence-electron chi connectivity index (χ1n) is 13.1. The quantitative estimate of drug-likeness (QED) is 0.437. The maximum absolute atomic E-state index is 13.6. The Morgan fingerprint density at radius 2 is 0.895 bits per heavy atom. The summed E-state index contributed by atoms with van der Waals surface area (Å²) in [5, 5.41) is 0.559. The fourth-order valence-electron chi connectivity index (χ4n) is 5.14. The Labute approximate surface area is 234 Å². The number of carbonyl (C=O) groups excluding carboxylic acids is 2. The van der Waals surface area contributed by atoms with Gasteiger partial charge in [-0.05, 0) is 23.3 Å². The molecule has 0 aliphatic carbocycles. The molecule has 2 aliphatic heterocycles. The number of benzene rings is 3. The van der Waals surface area contributed by atoms with Crippen LogP contribution in [-0.2, 0) is 13.1 Å². The number of hydrogen-bond donors (Lipinski definition) is 0. The van der Waals surface area contributed by atoms with Gasteiger partial charge in [0.2, 0.25) is 0 Å². The molecule has 2 fully saturated rings. The van der Waals surface area contributed by atoms with E-state index >= 15 is 0 Å². The van der Waals surface area contributed by atoms with E-state index in [0.717, 1.165) is 39.3 Å². The number of carbonyl (C=O) groups is 2. The van der Waals surface area contributed by atoms with E-state index in [1.807, 2.05) is 46.2 Å². The molecule has 3 aromatic carbocycles. The van der Waals surface area contributed by atoms with Gasteiger partial charge in [-0.25, -0.2) is 0 Å². The van der Waals surface area contributed by atoms with E-state index in [1.54, 1.807) is 12.1 Å². The smallest absolute Gasteiger partial charge is 0.254 e. The third kappa shape index (κ3) is 6.38. The molecule has 2 amide bonds. The van der Waals surface area contributed by atoms with Crippen molar-refractivity contribution < 1.29 is 9.59 Å². The highest BCUT2D eigenvalue weighted by Crippen LogP contribution is 2.28. The van der Waals surface area contributed by atoms with Crippen LogP contribution in [0.5, 0.6) is 0 Å². The minimum atomic E-state index is -0.172. The van der Waals surface area contributed by atoms with Crippen molar-refractivity contribution in [1.29, 1.82) is 0 Å². The van der Waals surface area contributed by atoms with Crippen molar-refractivity contribution in [3.8, 4) is 0 Å². The largest absolute Gasteiger partial charge is 0.336 e. The first-order valence-corrected chi connectivity index (χ1v) is 13.8. The summed E-state index contributed by atoms with van der Waals surface area (Å²) in [4.78, 5) is 35.6. The molecule has 2 aliphatic rings. The van der Waals surface area contributed by atoms with Gasteiger partial charge in [0, 0.05) is 65.4 Å². The Bertz CT molecular complexity index is 1160. The van der Waals surface area contributed by atoms with E-state index in [-0.39, 0.29) is 21.9 Å². The van der Waals surface area contributed by atoms with E-state index in [4.69, 9.17) is 23.2 Å². The van der Waals surface area contributed by atoms with Gasteiger partial charge in [0.15, 0.2) is 0 Å². The zero-order valence-corrected chi connectivity index (χ0v) is 22.9. The van der Waals surface area contributed by atoms with Gasteiger partial charge >= 0.3 is 0 Å². The molecule has 0 spiro atoms. The molecule has 2 saturated heterocycles. The van der Waals surface area contributed by atoms with Crippen molar-refractivity contribution in [1.82, 2.24) is 19.6 Å². The Morgan fingerprint density at radius 3 is 1.24 bits per heavy atom. The SMILES string of the molecule is O=C(c1cc(Cl)c(Cl)cc1C(=O)N1CCN(Cc2ccccc2)CC1)N1CCN(Cc2ccccc2)CC1. The number of amides is 2.